The second-order valence-corrected chi connectivity index (χ2v) is 7.77. The number of methoxy groups -OCH3 is 1. The molecule has 0 radical (unpaired) electrons. The predicted octanol–water partition coefficient (Wildman–Crippen LogP) is 5.02. The second-order valence-electron chi connectivity index (χ2n) is 7.77. The quantitative estimate of drug-likeness (QED) is 0.717. The van der Waals surface area contributed by atoms with Crippen LogP contribution in [0.4, 0.5) is 0 Å². The normalized spacial score (nSPS) is 45.2. The number of hydrogen-bond donors (Lipinski definition) is 0. The first-order valence-corrected chi connectivity index (χ1v) is 7.64. The van der Waals surface area contributed by atoms with Gasteiger partial charge in [0.1, 0.15) is 0 Å². The smallest absolute Gasteiger partial charge is 0.171 e. The Labute approximate surface area is 120 Å². The zero-order valence-corrected chi connectivity index (χ0v) is 14.7. The molecule has 0 saturated carbocycles. The van der Waals surface area contributed by atoms with Crippen molar-refractivity contribution in [3.05, 3.63) is 0 Å². The van der Waals surface area contributed by atoms with Crippen molar-refractivity contribution in [1.29, 1.82) is 0 Å². The van der Waals surface area contributed by atoms with Crippen molar-refractivity contribution in [2.45, 2.75) is 86.5 Å². The van der Waals surface area contributed by atoms with Crippen LogP contribution in [-0.2, 0) is 9.47 Å². The van der Waals surface area contributed by atoms with E-state index in [1.165, 1.54) is 0 Å². The minimum absolute atomic E-state index is 0.0752. The third kappa shape index (κ3) is 1.75. The van der Waals surface area contributed by atoms with E-state index < -0.39 is 5.79 Å². The van der Waals surface area contributed by atoms with Crippen LogP contribution in [0.2, 0.25) is 0 Å². The molecule has 0 aromatic carbocycles. The van der Waals surface area contributed by atoms with Gasteiger partial charge in [-0.1, -0.05) is 48.5 Å². The number of hydrogen-bond acceptors (Lipinski definition) is 2. The summed E-state index contributed by atoms with van der Waals surface area (Å²) in [5, 5.41) is 0. The molecule has 0 aromatic rings. The van der Waals surface area contributed by atoms with Crippen molar-refractivity contribution in [2.24, 2.45) is 16.2 Å². The Hall–Kier alpha value is -0.0800. The molecule has 2 nitrogen and oxygen atoms in total. The zero-order valence-electron chi connectivity index (χ0n) is 14.7. The summed E-state index contributed by atoms with van der Waals surface area (Å²) < 4.78 is 12.4. The summed E-state index contributed by atoms with van der Waals surface area (Å²) in [6.07, 6.45) is 2.10. The van der Waals surface area contributed by atoms with E-state index in [0.29, 0.717) is 0 Å². The standard InChI is InChI=1S/C17H34O2/c1-11-15(7)13(3,4)14(5,6)17(9,18-10)19-16(15,8)12-2/h11-12H2,1-10H3. The highest BCUT2D eigenvalue weighted by atomic mass is 16.7. The lowest BCUT2D eigenvalue weighted by Gasteiger charge is -2.70. The molecule has 0 amide bonds. The van der Waals surface area contributed by atoms with E-state index >= 15 is 0 Å². The van der Waals surface area contributed by atoms with Crippen LogP contribution in [0, 0.1) is 16.2 Å². The van der Waals surface area contributed by atoms with E-state index in [-0.39, 0.29) is 21.8 Å². The van der Waals surface area contributed by atoms with Crippen molar-refractivity contribution in [1.82, 2.24) is 0 Å². The highest BCUT2D eigenvalue weighted by Crippen LogP contribution is 2.68. The van der Waals surface area contributed by atoms with E-state index in [9.17, 15) is 0 Å². The molecule has 1 saturated heterocycles. The summed E-state index contributed by atoms with van der Waals surface area (Å²) in [4.78, 5) is 0. The van der Waals surface area contributed by atoms with Crippen LogP contribution in [0.5, 0.6) is 0 Å². The first-order chi connectivity index (χ1) is 8.39. The lowest BCUT2D eigenvalue weighted by molar-refractivity contribution is -0.413. The van der Waals surface area contributed by atoms with Crippen LogP contribution in [0.3, 0.4) is 0 Å². The maximum atomic E-state index is 6.59. The fraction of sp³-hybridized carbons (Fsp3) is 1.00. The molecule has 2 heteroatoms. The minimum Gasteiger partial charge on any atom is -0.353 e. The molecule has 0 aliphatic carbocycles. The first kappa shape index (κ1) is 17.0. The van der Waals surface area contributed by atoms with Gasteiger partial charge in [0.25, 0.3) is 0 Å². The highest BCUT2D eigenvalue weighted by Gasteiger charge is 2.69. The van der Waals surface area contributed by atoms with Crippen LogP contribution in [0.15, 0.2) is 0 Å². The van der Waals surface area contributed by atoms with Crippen molar-refractivity contribution in [3.8, 4) is 0 Å². The van der Waals surface area contributed by atoms with Crippen molar-refractivity contribution in [2.75, 3.05) is 7.11 Å². The van der Waals surface area contributed by atoms with Gasteiger partial charge in [0.2, 0.25) is 0 Å². The molecule has 3 atom stereocenters. The van der Waals surface area contributed by atoms with Gasteiger partial charge >= 0.3 is 0 Å². The molecular weight excluding hydrogens is 236 g/mol. The first-order valence-electron chi connectivity index (χ1n) is 7.64. The molecule has 114 valence electrons. The molecular formula is C17H34O2. The third-order valence-electron chi connectivity index (χ3n) is 7.44. The van der Waals surface area contributed by atoms with Gasteiger partial charge in [-0.05, 0) is 32.1 Å². The van der Waals surface area contributed by atoms with Gasteiger partial charge in [-0.2, -0.15) is 0 Å². The summed E-state index contributed by atoms with van der Waals surface area (Å²) in [5.41, 5.74) is -0.0431. The average Bonchev–Trinajstić information content (AvgIpc) is 2.35. The van der Waals surface area contributed by atoms with Crippen LogP contribution >= 0.6 is 0 Å². The Morgan fingerprint density at radius 2 is 1.26 bits per heavy atom. The minimum atomic E-state index is -0.560. The Balaban J connectivity index is 3.55. The van der Waals surface area contributed by atoms with Crippen LogP contribution in [-0.4, -0.2) is 18.5 Å². The van der Waals surface area contributed by atoms with Crippen molar-refractivity contribution in [3.63, 3.8) is 0 Å². The maximum Gasteiger partial charge on any atom is 0.171 e. The van der Waals surface area contributed by atoms with Gasteiger partial charge in [-0.25, -0.2) is 0 Å². The van der Waals surface area contributed by atoms with Gasteiger partial charge in [0.05, 0.1) is 5.60 Å². The van der Waals surface area contributed by atoms with Crippen molar-refractivity contribution >= 4 is 0 Å². The summed E-state index contributed by atoms with van der Waals surface area (Å²) in [7, 11) is 1.77. The van der Waals surface area contributed by atoms with E-state index in [4.69, 9.17) is 9.47 Å². The van der Waals surface area contributed by atoms with Gasteiger partial charge in [0.15, 0.2) is 5.79 Å². The fourth-order valence-electron chi connectivity index (χ4n) is 4.16. The number of ether oxygens (including phenoxy) is 2. The van der Waals surface area contributed by atoms with E-state index in [0.717, 1.165) is 12.8 Å². The molecule has 19 heavy (non-hydrogen) atoms. The summed E-state index contributed by atoms with van der Waals surface area (Å²) in [5.74, 6) is -0.560. The molecule has 1 aliphatic rings. The molecule has 1 fully saturated rings. The van der Waals surface area contributed by atoms with Gasteiger partial charge in [-0.3, -0.25) is 0 Å². The molecule has 1 aliphatic heterocycles. The second kappa shape index (κ2) is 4.46. The largest absolute Gasteiger partial charge is 0.353 e. The van der Waals surface area contributed by atoms with E-state index in [2.05, 4.69) is 62.3 Å². The van der Waals surface area contributed by atoms with Gasteiger partial charge in [0, 0.05) is 17.9 Å². The van der Waals surface area contributed by atoms with E-state index in [1.54, 1.807) is 7.11 Å². The fourth-order valence-corrected chi connectivity index (χ4v) is 4.16. The molecule has 3 unspecified atom stereocenters. The molecule has 0 spiro atoms. The van der Waals surface area contributed by atoms with Crippen LogP contribution in [0.25, 0.3) is 0 Å². The molecule has 1 heterocycles. The monoisotopic (exact) mass is 270 g/mol. The summed E-state index contributed by atoms with van der Waals surface area (Å²) in [6, 6.07) is 0. The maximum absolute atomic E-state index is 6.59. The SMILES string of the molecule is CCC1(C)OC(C)(OC)C(C)(C)C(C)(C)C1(C)CC. The highest BCUT2D eigenvalue weighted by molar-refractivity contribution is 5.14. The van der Waals surface area contributed by atoms with Crippen LogP contribution in [0.1, 0.15) is 75.2 Å². The van der Waals surface area contributed by atoms with Gasteiger partial charge < -0.3 is 9.47 Å². The van der Waals surface area contributed by atoms with Crippen molar-refractivity contribution < 1.29 is 9.47 Å². The zero-order chi connectivity index (χ0) is 15.3. The summed E-state index contributed by atoms with van der Waals surface area (Å²) in [6.45, 7) is 20.5. The Morgan fingerprint density at radius 1 is 0.789 bits per heavy atom. The molecule has 0 bridgehead atoms. The van der Waals surface area contributed by atoms with E-state index in [1.807, 2.05) is 0 Å². The Morgan fingerprint density at radius 3 is 1.58 bits per heavy atom. The van der Waals surface area contributed by atoms with Gasteiger partial charge in [-0.15, -0.1) is 0 Å². The Kier molecular flexibility index (Phi) is 3.98. The van der Waals surface area contributed by atoms with Crippen LogP contribution < -0.4 is 0 Å². The lowest BCUT2D eigenvalue weighted by atomic mass is 9.44. The Bertz CT molecular complexity index is 347. The average molecular weight is 270 g/mol. The molecule has 0 aromatic heterocycles. The lowest BCUT2D eigenvalue weighted by Crippen LogP contribution is -2.72. The predicted molar refractivity (Wildman–Crippen MR) is 81.2 cm³/mol. The number of rotatable bonds is 3. The topological polar surface area (TPSA) is 18.5 Å². The third-order valence-corrected chi connectivity index (χ3v) is 7.44. The molecule has 0 N–H and O–H groups in total. The molecule has 1 rings (SSSR count). The summed E-state index contributed by atoms with van der Waals surface area (Å²) >= 11 is 0.